The van der Waals surface area contributed by atoms with Gasteiger partial charge in [-0.3, -0.25) is 4.79 Å². The van der Waals surface area contributed by atoms with E-state index in [9.17, 15) is 9.18 Å². The predicted octanol–water partition coefficient (Wildman–Crippen LogP) is 4.32. The van der Waals surface area contributed by atoms with E-state index in [0.29, 0.717) is 17.3 Å². The highest BCUT2D eigenvalue weighted by Gasteiger charge is 2.10. The van der Waals surface area contributed by atoms with Gasteiger partial charge in [-0.05, 0) is 30.5 Å². The third-order valence-corrected chi connectivity index (χ3v) is 3.85. The zero-order chi connectivity index (χ0) is 15.5. The number of ketones is 1. The molecule has 2 heterocycles. The smallest absolute Gasteiger partial charge is 0.236 e. The van der Waals surface area contributed by atoms with E-state index in [1.807, 2.05) is 17.5 Å². The van der Waals surface area contributed by atoms with Gasteiger partial charge in [0.2, 0.25) is 5.89 Å². The van der Waals surface area contributed by atoms with Crippen LogP contribution < -0.4 is 4.74 Å². The number of nitrogens with zero attached hydrogens (tertiary/aromatic N) is 1. The highest BCUT2D eigenvalue weighted by atomic mass is 32.1. The molecule has 0 aliphatic heterocycles. The zero-order valence-corrected chi connectivity index (χ0v) is 12.5. The highest BCUT2D eigenvalue weighted by molar-refractivity contribution is 7.13. The third-order valence-electron chi connectivity index (χ3n) is 2.99. The Labute approximate surface area is 130 Å². The molecule has 0 N–H and O–H groups in total. The average Bonchev–Trinajstić information content (AvgIpc) is 3.16. The van der Waals surface area contributed by atoms with E-state index in [1.165, 1.54) is 36.7 Å². The number of oxazole rings is 1. The van der Waals surface area contributed by atoms with Gasteiger partial charge < -0.3 is 9.15 Å². The van der Waals surface area contributed by atoms with Gasteiger partial charge in [-0.1, -0.05) is 6.07 Å². The molecule has 4 nitrogen and oxygen atoms in total. The van der Waals surface area contributed by atoms with Crippen molar-refractivity contribution in [2.45, 2.75) is 13.5 Å². The van der Waals surface area contributed by atoms with E-state index in [-0.39, 0.29) is 18.0 Å². The lowest BCUT2D eigenvalue weighted by Crippen LogP contribution is -2.00. The third kappa shape index (κ3) is 3.07. The fraction of sp³-hybridized carbons (Fsp3) is 0.125. The first-order valence-electron chi connectivity index (χ1n) is 6.55. The number of hydrogen-bond donors (Lipinski definition) is 0. The van der Waals surface area contributed by atoms with Crippen LogP contribution in [-0.2, 0) is 6.61 Å². The lowest BCUT2D eigenvalue weighted by Gasteiger charge is -2.05. The molecule has 0 spiro atoms. The molecule has 0 bridgehead atoms. The Balaban J connectivity index is 1.68. The average molecular weight is 317 g/mol. The first kappa shape index (κ1) is 14.5. The summed E-state index contributed by atoms with van der Waals surface area (Å²) in [5.41, 5.74) is 0.660. The SMILES string of the molecule is CC(=O)c1ccc(OCc2coc(-c3cccs3)n2)cc1F. The van der Waals surface area contributed by atoms with Gasteiger partial charge in [0.15, 0.2) is 5.78 Å². The second kappa shape index (κ2) is 6.11. The summed E-state index contributed by atoms with van der Waals surface area (Å²) in [5.74, 6) is -0.0412. The topological polar surface area (TPSA) is 52.3 Å². The number of carbonyl (C=O) groups excluding carboxylic acids is 1. The highest BCUT2D eigenvalue weighted by Crippen LogP contribution is 2.24. The lowest BCUT2D eigenvalue weighted by atomic mass is 10.1. The summed E-state index contributed by atoms with van der Waals surface area (Å²) in [5, 5.41) is 1.94. The van der Waals surface area contributed by atoms with Crippen LogP contribution in [-0.4, -0.2) is 10.8 Å². The van der Waals surface area contributed by atoms with Crippen LogP contribution in [0.2, 0.25) is 0 Å². The van der Waals surface area contributed by atoms with Crippen molar-refractivity contribution in [1.29, 1.82) is 0 Å². The van der Waals surface area contributed by atoms with Crippen molar-refractivity contribution in [2.75, 3.05) is 0 Å². The summed E-state index contributed by atoms with van der Waals surface area (Å²) in [4.78, 5) is 16.4. The summed E-state index contributed by atoms with van der Waals surface area (Å²) in [7, 11) is 0. The summed E-state index contributed by atoms with van der Waals surface area (Å²) < 4.78 is 24.5. The molecule has 0 unspecified atom stereocenters. The van der Waals surface area contributed by atoms with E-state index in [1.54, 1.807) is 6.07 Å². The summed E-state index contributed by atoms with van der Waals surface area (Å²) >= 11 is 1.53. The number of rotatable bonds is 5. The van der Waals surface area contributed by atoms with Crippen molar-refractivity contribution in [3.63, 3.8) is 0 Å². The molecule has 3 aromatic rings. The quantitative estimate of drug-likeness (QED) is 0.657. The first-order chi connectivity index (χ1) is 10.6. The Hall–Kier alpha value is -2.47. The fourth-order valence-electron chi connectivity index (χ4n) is 1.92. The number of hydrogen-bond acceptors (Lipinski definition) is 5. The Kier molecular flexibility index (Phi) is 4.02. The van der Waals surface area contributed by atoms with Crippen LogP contribution in [0.4, 0.5) is 4.39 Å². The van der Waals surface area contributed by atoms with Gasteiger partial charge in [0.25, 0.3) is 0 Å². The lowest BCUT2D eigenvalue weighted by molar-refractivity contribution is 0.101. The molecule has 112 valence electrons. The Morgan fingerprint density at radius 1 is 1.41 bits per heavy atom. The minimum Gasteiger partial charge on any atom is -0.487 e. The summed E-state index contributed by atoms with van der Waals surface area (Å²) in [6.07, 6.45) is 1.51. The van der Waals surface area contributed by atoms with Crippen LogP contribution in [0.3, 0.4) is 0 Å². The van der Waals surface area contributed by atoms with Crippen LogP contribution in [0.15, 0.2) is 46.4 Å². The molecule has 0 amide bonds. The molecule has 22 heavy (non-hydrogen) atoms. The van der Waals surface area contributed by atoms with Crippen LogP contribution in [0, 0.1) is 5.82 Å². The van der Waals surface area contributed by atoms with E-state index in [2.05, 4.69) is 4.98 Å². The number of carbonyl (C=O) groups is 1. The number of halogens is 1. The maximum Gasteiger partial charge on any atom is 0.236 e. The van der Waals surface area contributed by atoms with Gasteiger partial charge >= 0.3 is 0 Å². The van der Waals surface area contributed by atoms with E-state index in [4.69, 9.17) is 9.15 Å². The first-order valence-corrected chi connectivity index (χ1v) is 7.43. The van der Waals surface area contributed by atoms with Crippen LogP contribution in [0.5, 0.6) is 5.75 Å². The number of benzene rings is 1. The number of Topliss-reactive ketones (excluding diaryl/α,β-unsaturated/α-hetero) is 1. The van der Waals surface area contributed by atoms with E-state index < -0.39 is 5.82 Å². The molecule has 0 aliphatic carbocycles. The monoisotopic (exact) mass is 317 g/mol. The second-order valence-corrected chi connectivity index (χ2v) is 5.56. The van der Waals surface area contributed by atoms with Crippen molar-refractivity contribution in [1.82, 2.24) is 4.98 Å². The predicted molar refractivity (Wildman–Crippen MR) is 80.6 cm³/mol. The molecule has 0 radical (unpaired) electrons. The normalized spacial score (nSPS) is 10.6. The van der Waals surface area contributed by atoms with Crippen LogP contribution in [0.1, 0.15) is 23.0 Å². The molecule has 0 saturated heterocycles. The van der Waals surface area contributed by atoms with Crippen LogP contribution in [0.25, 0.3) is 10.8 Å². The number of thiophene rings is 1. The fourth-order valence-corrected chi connectivity index (χ4v) is 2.57. The molecule has 0 aliphatic rings. The zero-order valence-electron chi connectivity index (χ0n) is 11.7. The largest absolute Gasteiger partial charge is 0.487 e. The molecule has 6 heteroatoms. The number of aromatic nitrogens is 1. The molecule has 0 saturated carbocycles. The van der Waals surface area contributed by atoms with Gasteiger partial charge in [-0.2, -0.15) is 0 Å². The summed E-state index contributed by atoms with van der Waals surface area (Å²) in [6.45, 7) is 1.48. The molecule has 0 fully saturated rings. The maximum atomic E-state index is 13.7. The molecule has 1 aromatic carbocycles. The molecular formula is C16H12FNO3S. The van der Waals surface area contributed by atoms with Gasteiger partial charge in [-0.25, -0.2) is 9.37 Å². The van der Waals surface area contributed by atoms with E-state index in [0.717, 1.165) is 4.88 Å². The van der Waals surface area contributed by atoms with Gasteiger partial charge in [0.1, 0.15) is 30.1 Å². The van der Waals surface area contributed by atoms with Crippen molar-refractivity contribution in [3.05, 3.63) is 59.0 Å². The maximum absolute atomic E-state index is 13.7. The van der Waals surface area contributed by atoms with Crippen molar-refractivity contribution < 1.29 is 18.3 Å². The van der Waals surface area contributed by atoms with Crippen molar-refractivity contribution in [3.8, 4) is 16.5 Å². The second-order valence-electron chi connectivity index (χ2n) is 4.61. The Morgan fingerprint density at radius 3 is 2.95 bits per heavy atom. The van der Waals surface area contributed by atoms with Gasteiger partial charge in [0, 0.05) is 6.07 Å². The molecule has 2 aromatic heterocycles. The standard InChI is InChI=1S/C16H12FNO3S/c1-10(19)13-5-4-12(7-14(13)17)20-8-11-9-21-16(18-11)15-3-2-6-22-15/h2-7,9H,8H2,1H3. The minimum absolute atomic E-state index is 0.0498. The van der Waals surface area contributed by atoms with Crippen molar-refractivity contribution >= 4 is 17.1 Å². The number of ether oxygens (including phenoxy) is 1. The Bertz CT molecular complexity index is 796. The molecule has 3 rings (SSSR count). The van der Waals surface area contributed by atoms with E-state index >= 15 is 0 Å². The molecule has 0 atom stereocenters. The van der Waals surface area contributed by atoms with Gasteiger partial charge in [-0.15, -0.1) is 11.3 Å². The minimum atomic E-state index is -0.593. The Morgan fingerprint density at radius 2 is 2.27 bits per heavy atom. The molecular weight excluding hydrogens is 305 g/mol. The summed E-state index contributed by atoms with van der Waals surface area (Å²) in [6, 6.07) is 7.99. The van der Waals surface area contributed by atoms with Crippen molar-refractivity contribution in [2.24, 2.45) is 0 Å². The van der Waals surface area contributed by atoms with Crippen LogP contribution >= 0.6 is 11.3 Å². The van der Waals surface area contributed by atoms with Gasteiger partial charge in [0.05, 0.1) is 10.4 Å².